The molecule has 0 bridgehead atoms. The molecule has 0 spiro atoms. The van der Waals surface area contributed by atoms with Gasteiger partial charge in [0.05, 0.1) is 5.02 Å². The van der Waals surface area contributed by atoms with E-state index in [-0.39, 0.29) is 0 Å². The lowest BCUT2D eigenvalue weighted by atomic mass is 9.71. The number of halogens is 1. The van der Waals surface area contributed by atoms with Gasteiger partial charge in [-0.25, -0.2) is 0 Å². The number of rotatable bonds is 7. The van der Waals surface area contributed by atoms with Crippen molar-refractivity contribution in [3.05, 3.63) is 29.0 Å². The zero-order valence-corrected chi connectivity index (χ0v) is 14.4. The summed E-state index contributed by atoms with van der Waals surface area (Å²) >= 11 is 6.34. The van der Waals surface area contributed by atoms with Crippen LogP contribution in [0.5, 0.6) is 0 Å². The Morgan fingerprint density at radius 2 is 2.05 bits per heavy atom. The minimum atomic E-state index is 0.441. The van der Waals surface area contributed by atoms with Crippen LogP contribution in [0, 0.1) is 11.3 Å². The summed E-state index contributed by atoms with van der Waals surface area (Å²) in [6, 6.07) is 2.59. The molecule has 2 nitrogen and oxygen atoms in total. The van der Waals surface area contributed by atoms with Crippen LogP contribution in [-0.2, 0) is 6.42 Å². The van der Waals surface area contributed by atoms with Crippen LogP contribution in [-0.4, -0.2) is 17.6 Å². The van der Waals surface area contributed by atoms with Gasteiger partial charge in [-0.3, -0.25) is 4.98 Å². The molecule has 1 aliphatic rings. The average molecular weight is 309 g/mol. The molecule has 1 heterocycles. The first-order valence-corrected chi connectivity index (χ1v) is 8.77. The van der Waals surface area contributed by atoms with Crippen molar-refractivity contribution in [2.24, 2.45) is 11.3 Å². The Morgan fingerprint density at radius 1 is 1.33 bits per heavy atom. The Hall–Kier alpha value is -0.600. The Kier molecular flexibility index (Phi) is 6.07. The highest BCUT2D eigenvalue weighted by Gasteiger charge is 2.41. The molecule has 1 aliphatic carbocycles. The first kappa shape index (κ1) is 16.8. The monoisotopic (exact) mass is 308 g/mol. The summed E-state index contributed by atoms with van der Waals surface area (Å²) in [6.07, 6.45) is 11.4. The molecule has 0 aromatic carbocycles. The van der Waals surface area contributed by atoms with Gasteiger partial charge in [0.15, 0.2) is 0 Å². The molecule has 118 valence electrons. The number of nitrogens with one attached hydrogen (secondary N) is 1. The van der Waals surface area contributed by atoms with Gasteiger partial charge >= 0.3 is 0 Å². The summed E-state index contributed by atoms with van der Waals surface area (Å²) in [5.41, 5.74) is 1.67. The SMILES string of the molecule is CCNC(Cc1ccncc1Cl)C1(CC(C)C)CCCC1. The Balaban J connectivity index is 2.21. The van der Waals surface area contributed by atoms with Crippen molar-refractivity contribution >= 4 is 11.6 Å². The fourth-order valence-corrected chi connectivity index (χ4v) is 4.32. The van der Waals surface area contributed by atoms with E-state index in [0.717, 1.165) is 23.9 Å². The number of pyridine rings is 1. The molecule has 1 aromatic heterocycles. The van der Waals surface area contributed by atoms with Crippen molar-refractivity contribution in [1.29, 1.82) is 0 Å². The molecule has 2 rings (SSSR count). The van der Waals surface area contributed by atoms with Gasteiger partial charge in [-0.2, -0.15) is 0 Å². The summed E-state index contributed by atoms with van der Waals surface area (Å²) in [7, 11) is 0. The lowest BCUT2D eigenvalue weighted by Gasteiger charge is -2.40. The number of likely N-dealkylation sites (N-methyl/N-ethyl adjacent to an activating group) is 1. The Bertz CT molecular complexity index is 439. The molecule has 0 saturated heterocycles. The normalized spacial score (nSPS) is 19.1. The van der Waals surface area contributed by atoms with Gasteiger partial charge in [0.1, 0.15) is 0 Å². The summed E-state index contributed by atoms with van der Waals surface area (Å²) in [5, 5.41) is 4.57. The van der Waals surface area contributed by atoms with Crippen molar-refractivity contribution in [2.45, 2.75) is 65.3 Å². The van der Waals surface area contributed by atoms with Crippen LogP contribution in [0.4, 0.5) is 0 Å². The van der Waals surface area contributed by atoms with Gasteiger partial charge in [0.2, 0.25) is 0 Å². The molecule has 1 N–H and O–H groups in total. The van der Waals surface area contributed by atoms with E-state index in [0.29, 0.717) is 11.5 Å². The van der Waals surface area contributed by atoms with Crippen LogP contribution in [0.15, 0.2) is 18.5 Å². The minimum absolute atomic E-state index is 0.441. The van der Waals surface area contributed by atoms with Gasteiger partial charge in [0, 0.05) is 18.4 Å². The summed E-state index contributed by atoms with van der Waals surface area (Å²) < 4.78 is 0. The topological polar surface area (TPSA) is 24.9 Å². The predicted molar refractivity (Wildman–Crippen MR) is 90.8 cm³/mol. The van der Waals surface area contributed by atoms with E-state index in [9.17, 15) is 0 Å². The van der Waals surface area contributed by atoms with Gasteiger partial charge in [-0.05, 0) is 55.2 Å². The highest BCUT2D eigenvalue weighted by molar-refractivity contribution is 6.31. The van der Waals surface area contributed by atoms with E-state index in [1.165, 1.54) is 37.7 Å². The van der Waals surface area contributed by atoms with E-state index in [1.54, 1.807) is 6.20 Å². The van der Waals surface area contributed by atoms with Crippen LogP contribution in [0.1, 0.15) is 58.4 Å². The van der Waals surface area contributed by atoms with Crippen molar-refractivity contribution in [2.75, 3.05) is 6.54 Å². The standard InChI is InChI=1S/C18H29ClN2/c1-4-21-17(11-15-7-10-20-13-16(15)19)18(12-14(2)3)8-5-6-9-18/h7,10,13-14,17,21H,4-6,8-9,11-12H2,1-3H3. The van der Waals surface area contributed by atoms with Crippen molar-refractivity contribution in [3.63, 3.8) is 0 Å². The molecule has 1 aromatic rings. The third-order valence-electron chi connectivity index (χ3n) is 4.88. The van der Waals surface area contributed by atoms with Crippen LogP contribution < -0.4 is 5.32 Å². The van der Waals surface area contributed by atoms with E-state index < -0.39 is 0 Å². The lowest BCUT2D eigenvalue weighted by Crippen LogP contribution is -2.46. The highest BCUT2D eigenvalue weighted by Crippen LogP contribution is 2.47. The maximum Gasteiger partial charge on any atom is 0.0621 e. The molecule has 0 amide bonds. The smallest absolute Gasteiger partial charge is 0.0621 e. The fourth-order valence-electron chi connectivity index (χ4n) is 4.13. The van der Waals surface area contributed by atoms with Crippen molar-refractivity contribution in [1.82, 2.24) is 10.3 Å². The molecule has 1 fully saturated rings. The summed E-state index contributed by atoms with van der Waals surface area (Å²) in [6.45, 7) is 7.93. The Labute approximate surface area is 134 Å². The average Bonchev–Trinajstić information content (AvgIpc) is 2.89. The highest BCUT2D eigenvalue weighted by atomic mass is 35.5. The maximum atomic E-state index is 6.34. The van der Waals surface area contributed by atoms with E-state index in [1.807, 2.05) is 6.20 Å². The second-order valence-electron chi connectivity index (χ2n) is 6.95. The number of hydrogen-bond acceptors (Lipinski definition) is 2. The molecule has 1 saturated carbocycles. The van der Waals surface area contributed by atoms with Crippen LogP contribution in [0.3, 0.4) is 0 Å². The zero-order valence-electron chi connectivity index (χ0n) is 13.7. The molecular weight excluding hydrogens is 280 g/mol. The molecular formula is C18H29ClN2. The van der Waals surface area contributed by atoms with Gasteiger partial charge in [0.25, 0.3) is 0 Å². The fraction of sp³-hybridized carbons (Fsp3) is 0.722. The van der Waals surface area contributed by atoms with Crippen molar-refractivity contribution in [3.8, 4) is 0 Å². The first-order valence-electron chi connectivity index (χ1n) is 8.39. The zero-order chi connectivity index (χ0) is 15.3. The lowest BCUT2D eigenvalue weighted by molar-refractivity contribution is 0.155. The minimum Gasteiger partial charge on any atom is -0.313 e. The van der Waals surface area contributed by atoms with E-state index in [4.69, 9.17) is 11.6 Å². The number of hydrogen-bond donors (Lipinski definition) is 1. The summed E-state index contributed by atoms with van der Waals surface area (Å²) in [4.78, 5) is 4.11. The van der Waals surface area contributed by atoms with Crippen molar-refractivity contribution < 1.29 is 0 Å². The molecule has 1 unspecified atom stereocenters. The van der Waals surface area contributed by atoms with Gasteiger partial charge < -0.3 is 5.32 Å². The van der Waals surface area contributed by atoms with Crippen LogP contribution >= 0.6 is 11.6 Å². The molecule has 3 heteroatoms. The molecule has 0 radical (unpaired) electrons. The van der Waals surface area contributed by atoms with Gasteiger partial charge in [-0.15, -0.1) is 0 Å². The quantitative estimate of drug-likeness (QED) is 0.778. The Morgan fingerprint density at radius 3 is 2.62 bits per heavy atom. The number of aromatic nitrogens is 1. The van der Waals surface area contributed by atoms with Crippen LogP contribution in [0.2, 0.25) is 5.02 Å². The second-order valence-corrected chi connectivity index (χ2v) is 7.36. The van der Waals surface area contributed by atoms with Crippen LogP contribution in [0.25, 0.3) is 0 Å². The van der Waals surface area contributed by atoms with E-state index >= 15 is 0 Å². The van der Waals surface area contributed by atoms with E-state index in [2.05, 4.69) is 37.1 Å². The predicted octanol–water partition coefficient (Wildman–Crippen LogP) is 4.86. The summed E-state index contributed by atoms with van der Waals surface area (Å²) in [5.74, 6) is 0.747. The molecule has 1 atom stereocenters. The number of nitrogens with zero attached hydrogens (tertiary/aromatic N) is 1. The maximum absolute atomic E-state index is 6.34. The first-order chi connectivity index (χ1) is 10.1. The van der Waals surface area contributed by atoms with Gasteiger partial charge in [-0.1, -0.05) is 45.2 Å². The third-order valence-corrected chi connectivity index (χ3v) is 5.22. The second kappa shape index (κ2) is 7.60. The third kappa shape index (κ3) is 4.20. The molecule has 21 heavy (non-hydrogen) atoms. The molecule has 0 aliphatic heterocycles. The largest absolute Gasteiger partial charge is 0.313 e.